The van der Waals surface area contributed by atoms with Gasteiger partial charge in [-0.3, -0.25) is 10.2 Å². The van der Waals surface area contributed by atoms with Crippen LogP contribution in [0.5, 0.6) is 0 Å². The Morgan fingerprint density at radius 3 is 2.12 bits per heavy atom. The molecule has 0 aliphatic carbocycles. The van der Waals surface area contributed by atoms with E-state index in [1.54, 1.807) is 20.8 Å². The average molecular weight is 344 g/mol. The molecule has 1 saturated heterocycles. The van der Waals surface area contributed by atoms with Crippen molar-refractivity contribution in [3.63, 3.8) is 0 Å². The molecule has 1 heterocycles. The van der Waals surface area contributed by atoms with E-state index in [2.05, 4.69) is 15.5 Å². The molecule has 1 aliphatic rings. The quantitative estimate of drug-likeness (QED) is 0.346. The Hall–Kier alpha value is -2.52. The molecule has 0 unspecified atom stereocenters. The molecule has 0 atom stereocenters. The maximum Gasteiger partial charge on any atom is 0.407 e. The number of methoxy groups -OCH3 is 1. The second-order valence-corrected chi connectivity index (χ2v) is 6.28. The summed E-state index contributed by atoms with van der Waals surface area (Å²) in [5, 5.41) is 2.76. The van der Waals surface area contributed by atoms with Crippen molar-refractivity contribution in [2.24, 2.45) is 0 Å². The van der Waals surface area contributed by atoms with Gasteiger partial charge < -0.3 is 19.7 Å². The summed E-state index contributed by atoms with van der Waals surface area (Å²) in [7, 11) is 1.06. The molecular weight excluding hydrogens is 320 g/mol. The van der Waals surface area contributed by atoms with Crippen LogP contribution in [0.2, 0.25) is 0 Å². The third kappa shape index (κ3) is 6.71. The number of hydrazine groups is 1. The predicted octanol–water partition coefficient (Wildman–Crippen LogP) is -0.111. The smallest absolute Gasteiger partial charge is 0.407 e. The number of nitrogens with zero attached hydrogens (tertiary/aromatic N) is 1. The van der Waals surface area contributed by atoms with Gasteiger partial charge >= 0.3 is 24.0 Å². The molecule has 0 spiro atoms. The summed E-state index contributed by atoms with van der Waals surface area (Å²) in [6.07, 6.45) is 0.616. The van der Waals surface area contributed by atoms with E-state index in [-0.39, 0.29) is 6.04 Å². The van der Waals surface area contributed by atoms with Gasteiger partial charge in [0.25, 0.3) is 0 Å². The fourth-order valence-electron chi connectivity index (χ4n) is 2.03. The largest absolute Gasteiger partial charge is 0.462 e. The van der Waals surface area contributed by atoms with Crippen molar-refractivity contribution in [2.45, 2.75) is 45.3 Å². The first-order chi connectivity index (χ1) is 11.1. The number of esters is 1. The molecule has 10 nitrogen and oxygen atoms in total. The number of nitrogens with one attached hydrogen (secondary N) is 3. The Balaban J connectivity index is 2.32. The van der Waals surface area contributed by atoms with Gasteiger partial charge in [0.05, 0.1) is 7.11 Å². The van der Waals surface area contributed by atoms with Crippen LogP contribution in [0, 0.1) is 0 Å². The molecule has 1 fully saturated rings. The van der Waals surface area contributed by atoms with Gasteiger partial charge in [-0.1, -0.05) is 0 Å². The number of likely N-dealkylation sites (tertiary alicyclic amines) is 1. The normalized spacial score (nSPS) is 15.2. The molecule has 0 aromatic heterocycles. The highest BCUT2D eigenvalue weighted by atomic mass is 16.6. The maximum absolute atomic E-state index is 11.9. The summed E-state index contributed by atoms with van der Waals surface area (Å²) in [4.78, 5) is 47.1. The SMILES string of the molecule is COC(=O)C(=O)NNC(=O)N1CCC(NC(=O)OC(C)(C)C)CC1. The van der Waals surface area contributed by atoms with Crippen molar-refractivity contribution in [3.05, 3.63) is 0 Å². The van der Waals surface area contributed by atoms with E-state index in [0.29, 0.717) is 25.9 Å². The summed E-state index contributed by atoms with van der Waals surface area (Å²) < 4.78 is 9.39. The Morgan fingerprint density at radius 1 is 1.04 bits per heavy atom. The van der Waals surface area contributed by atoms with E-state index in [1.165, 1.54) is 4.90 Å². The minimum Gasteiger partial charge on any atom is -0.462 e. The maximum atomic E-state index is 11.9. The molecule has 0 radical (unpaired) electrons. The minimum atomic E-state index is -1.10. The fraction of sp³-hybridized carbons (Fsp3) is 0.714. The van der Waals surface area contributed by atoms with Crippen LogP contribution in [0.1, 0.15) is 33.6 Å². The molecule has 136 valence electrons. The number of urea groups is 1. The Kier molecular flexibility index (Phi) is 6.81. The van der Waals surface area contributed by atoms with Gasteiger partial charge in [0.1, 0.15) is 5.60 Å². The van der Waals surface area contributed by atoms with E-state index in [0.717, 1.165) is 7.11 Å². The first-order valence-corrected chi connectivity index (χ1v) is 7.55. The zero-order valence-electron chi connectivity index (χ0n) is 14.3. The van der Waals surface area contributed by atoms with Crippen LogP contribution in [0.15, 0.2) is 0 Å². The number of piperidine rings is 1. The van der Waals surface area contributed by atoms with Gasteiger partial charge in [0, 0.05) is 19.1 Å². The summed E-state index contributed by atoms with van der Waals surface area (Å²) in [6.45, 7) is 6.12. The molecule has 10 heteroatoms. The standard InChI is InChI=1S/C14H24N4O6/c1-14(2,3)24-13(22)15-9-5-7-18(8-6-9)12(21)17-16-10(19)11(20)23-4/h9H,5-8H2,1-4H3,(H,15,22)(H,16,19)(H,17,21). The van der Waals surface area contributed by atoms with Gasteiger partial charge in [0.15, 0.2) is 0 Å². The van der Waals surface area contributed by atoms with Crippen LogP contribution >= 0.6 is 0 Å². The van der Waals surface area contributed by atoms with Crippen molar-refractivity contribution in [2.75, 3.05) is 20.2 Å². The Labute approximate surface area is 140 Å². The third-order valence-electron chi connectivity index (χ3n) is 3.16. The molecule has 1 rings (SSSR count). The zero-order valence-corrected chi connectivity index (χ0v) is 14.3. The van der Waals surface area contributed by atoms with Crippen molar-refractivity contribution < 1.29 is 28.7 Å². The fourth-order valence-corrected chi connectivity index (χ4v) is 2.03. The van der Waals surface area contributed by atoms with Gasteiger partial charge in [-0.25, -0.2) is 19.8 Å². The monoisotopic (exact) mass is 344 g/mol. The molecule has 1 aliphatic heterocycles. The summed E-state index contributed by atoms with van der Waals surface area (Å²) in [5.74, 6) is -2.16. The highest BCUT2D eigenvalue weighted by Gasteiger charge is 2.26. The van der Waals surface area contributed by atoms with E-state index in [4.69, 9.17) is 4.74 Å². The van der Waals surface area contributed by atoms with Gasteiger partial charge in [0.2, 0.25) is 0 Å². The van der Waals surface area contributed by atoms with Gasteiger partial charge in [-0.05, 0) is 33.6 Å². The lowest BCUT2D eigenvalue weighted by Crippen LogP contribution is -2.54. The van der Waals surface area contributed by atoms with Crippen LogP contribution in [-0.2, 0) is 19.1 Å². The summed E-state index contributed by atoms with van der Waals surface area (Å²) >= 11 is 0. The van der Waals surface area contributed by atoms with Gasteiger partial charge in [-0.2, -0.15) is 0 Å². The van der Waals surface area contributed by atoms with E-state index in [1.807, 2.05) is 5.43 Å². The number of hydrogen-bond acceptors (Lipinski definition) is 6. The molecule has 0 bridgehead atoms. The van der Waals surface area contributed by atoms with Crippen LogP contribution < -0.4 is 16.2 Å². The molecular formula is C14H24N4O6. The third-order valence-corrected chi connectivity index (χ3v) is 3.16. The van der Waals surface area contributed by atoms with Crippen LogP contribution in [0.3, 0.4) is 0 Å². The lowest BCUT2D eigenvalue weighted by Gasteiger charge is -2.32. The molecule has 24 heavy (non-hydrogen) atoms. The van der Waals surface area contributed by atoms with Crippen molar-refractivity contribution >= 4 is 24.0 Å². The Bertz CT molecular complexity index is 494. The molecule has 3 N–H and O–H groups in total. The van der Waals surface area contributed by atoms with E-state index < -0.39 is 29.6 Å². The van der Waals surface area contributed by atoms with E-state index in [9.17, 15) is 19.2 Å². The van der Waals surface area contributed by atoms with Crippen molar-refractivity contribution in [3.8, 4) is 0 Å². The number of alkyl carbamates (subject to hydrolysis) is 1. The number of ether oxygens (including phenoxy) is 2. The van der Waals surface area contributed by atoms with Crippen molar-refractivity contribution in [1.82, 2.24) is 21.1 Å². The van der Waals surface area contributed by atoms with Crippen LogP contribution in [-0.4, -0.2) is 60.7 Å². The Morgan fingerprint density at radius 2 is 1.62 bits per heavy atom. The highest BCUT2D eigenvalue weighted by Crippen LogP contribution is 2.12. The second kappa shape index (κ2) is 8.37. The number of carbonyl (C=O) groups excluding carboxylic acids is 4. The molecule has 0 aromatic carbocycles. The first-order valence-electron chi connectivity index (χ1n) is 7.55. The number of hydrogen-bond donors (Lipinski definition) is 3. The second-order valence-electron chi connectivity index (χ2n) is 6.28. The lowest BCUT2D eigenvalue weighted by atomic mass is 10.1. The summed E-state index contributed by atoms with van der Waals surface area (Å²) in [6, 6.07) is -0.628. The topological polar surface area (TPSA) is 126 Å². The number of rotatable bonds is 1. The highest BCUT2D eigenvalue weighted by molar-refractivity contribution is 6.32. The lowest BCUT2D eigenvalue weighted by molar-refractivity contribution is -0.153. The van der Waals surface area contributed by atoms with Crippen molar-refractivity contribution in [1.29, 1.82) is 0 Å². The predicted molar refractivity (Wildman–Crippen MR) is 82.7 cm³/mol. The first kappa shape index (κ1) is 19.5. The molecule has 0 aromatic rings. The van der Waals surface area contributed by atoms with E-state index >= 15 is 0 Å². The van der Waals surface area contributed by atoms with Gasteiger partial charge in [-0.15, -0.1) is 0 Å². The molecule has 0 saturated carbocycles. The number of amides is 4. The van der Waals surface area contributed by atoms with Crippen LogP contribution in [0.4, 0.5) is 9.59 Å². The van der Waals surface area contributed by atoms with Crippen LogP contribution in [0.25, 0.3) is 0 Å². The zero-order chi connectivity index (χ0) is 18.3. The summed E-state index contributed by atoms with van der Waals surface area (Å²) in [5.41, 5.74) is 3.52. The molecule has 4 amide bonds. The minimum absolute atomic E-state index is 0.0893. The number of carbonyl (C=O) groups is 4. The average Bonchev–Trinajstić information content (AvgIpc) is 2.50.